The fourth-order valence-electron chi connectivity index (χ4n) is 2.46. The molecule has 1 heterocycles. The predicted molar refractivity (Wildman–Crippen MR) is 58.9 cm³/mol. The van der Waals surface area contributed by atoms with Gasteiger partial charge in [0.2, 0.25) is 5.89 Å². The van der Waals surface area contributed by atoms with E-state index in [4.69, 9.17) is 4.42 Å². The Morgan fingerprint density at radius 3 is 2.29 bits per heavy atom. The molecule has 2 rings (SSSR count). The second-order valence-corrected chi connectivity index (χ2v) is 4.94. The van der Waals surface area contributed by atoms with Gasteiger partial charge in [-0.25, -0.2) is 0 Å². The molecule has 0 aromatic carbocycles. The molecule has 0 aliphatic heterocycles. The van der Waals surface area contributed by atoms with E-state index in [0.717, 1.165) is 31.6 Å². The summed E-state index contributed by atoms with van der Waals surface area (Å²) >= 11 is 0. The lowest BCUT2D eigenvalue weighted by molar-refractivity contribution is 0.112. The SMILES string of the molecule is CC1CCCC(c2nnc(C(F)F)o2)CCC1. The van der Waals surface area contributed by atoms with E-state index in [1.54, 1.807) is 0 Å². The zero-order valence-corrected chi connectivity index (χ0v) is 10.0. The van der Waals surface area contributed by atoms with Crippen LogP contribution in [0.5, 0.6) is 0 Å². The third-order valence-electron chi connectivity index (χ3n) is 3.49. The molecule has 5 heteroatoms. The van der Waals surface area contributed by atoms with E-state index >= 15 is 0 Å². The first-order valence-electron chi connectivity index (χ1n) is 6.28. The van der Waals surface area contributed by atoms with Crippen molar-refractivity contribution in [2.75, 3.05) is 0 Å². The number of aromatic nitrogens is 2. The van der Waals surface area contributed by atoms with Crippen LogP contribution in [-0.4, -0.2) is 10.2 Å². The van der Waals surface area contributed by atoms with Crippen molar-refractivity contribution in [2.45, 2.75) is 57.8 Å². The van der Waals surface area contributed by atoms with Gasteiger partial charge in [0.15, 0.2) is 0 Å². The number of halogens is 2. The maximum atomic E-state index is 12.3. The van der Waals surface area contributed by atoms with Crippen molar-refractivity contribution in [1.82, 2.24) is 10.2 Å². The molecule has 1 fully saturated rings. The molecule has 0 unspecified atom stereocenters. The fourth-order valence-corrected chi connectivity index (χ4v) is 2.46. The molecule has 1 aliphatic rings. The Labute approximate surface area is 99.6 Å². The van der Waals surface area contributed by atoms with Gasteiger partial charge in [-0.05, 0) is 18.8 Å². The van der Waals surface area contributed by atoms with Crippen molar-refractivity contribution < 1.29 is 13.2 Å². The van der Waals surface area contributed by atoms with Crippen molar-refractivity contribution in [1.29, 1.82) is 0 Å². The molecule has 0 N–H and O–H groups in total. The molecule has 0 amide bonds. The predicted octanol–water partition coefficient (Wildman–Crippen LogP) is 4.08. The van der Waals surface area contributed by atoms with Crippen molar-refractivity contribution in [3.8, 4) is 0 Å². The summed E-state index contributed by atoms with van der Waals surface area (Å²) in [5.41, 5.74) is 0. The fraction of sp³-hybridized carbons (Fsp3) is 0.833. The van der Waals surface area contributed by atoms with E-state index in [1.807, 2.05) is 0 Å². The lowest BCUT2D eigenvalue weighted by atomic mass is 9.86. The summed E-state index contributed by atoms with van der Waals surface area (Å²) in [7, 11) is 0. The molecule has 17 heavy (non-hydrogen) atoms. The largest absolute Gasteiger partial charge is 0.419 e. The Hall–Kier alpha value is -1.00. The zero-order valence-electron chi connectivity index (χ0n) is 10.0. The molecule has 0 spiro atoms. The van der Waals surface area contributed by atoms with Crippen LogP contribution in [0.3, 0.4) is 0 Å². The molecule has 3 nitrogen and oxygen atoms in total. The first kappa shape index (κ1) is 12.5. The normalized spacial score (nSPS) is 26.8. The van der Waals surface area contributed by atoms with Gasteiger partial charge in [0.1, 0.15) is 0 Å². The molecule has 1 aliphatic carbocycles. The summed E-state index contributed by atoms with van der Waals surface area (Å²) in [6.45, 7) is 2.27. The Morgan fingerprint density at radius 2 is 1.76 bits per heavy atom. The highest BCUT2D eigenvalue weighted by Gasteiger charge is 2.23. The minimum atomic E-state index is -2.66. The van der Waals surface area contributed by atoms with Gasteiger partial charge in [0.25, 0.3) is 5.89 Å². The van der Waals surface area contributed by atoms with Crippen molar-refractivity contribution in [3.05, 3.63) is 11.8 Å². The Bertz CT molecular complexity index is 344. The highest BCUT2D eigenvalue weighted by molar-refractivity contribution is 4.92. The molecule has 96 valence electrons. The third-order valence-corrected chi connectivity index (χ3v) is 3.49. The smallest absolute Gasteiger partial charge is 0.314 e. The van der Waals surface area contributed by atoms with E-state index in [9.17, 15) is 8.78 Å². The van der Waals surface area contributed by atoms with E-state index in [0.29, 0.717) is 5.89 Å². The van der Waals surface area contributed by atoms with Gasteiger partial charge >= 0.3 is 6.43 Å². The second-order valence-electron chi connectivity index (χ2n) is 4.94. The van der Waals surface area contributed by atoms with Gasteiger partial charge in [-0.3, -0.25) is 0 Å². The van der Waals surface area contributed by atoms with Gasteiger partial charge in [-0.1, -0.05) is 32.6 Å². The molecule has 0 radical (unpaired) electrons. The summed E-state index contributed by atoms with van der Waals surface area (Å²) in [5.74, 6) is 0.794. The summed E-state index contributed by atoms with van der Waals surface area (Å²) < 4.78 is 29.7. The Kier molecular flexibility index (Phi) is 4.07. The van der Waals surface area contributed by atoms with Crippen molar-refractivity contribution in [2.24, 2.45) is 5.92 Å². The lowest BCUT2D eigenvalue weighted by Crippen LogP contribution is -2.06. The summed E-state index contributed by atoms with van der Waals surface area (Å²) in [6, 6.07) is 0. The second kappa shape index (κ2) is 5.56. The Morgan fingerprint density at radius 1 is 1.12 bits per heavy atom. The first-order valence-corrected chi connectivity index (χ1v) is 6.28. The minimum absolute atomic E-state index is 0.169. The van der Waals surface area contributed by atoms with Crippen LogP contribution in [0.4, 0.5) is 8.78 Å². The van der Waals surface area contributed by atoms with Crippen LogP contribution in [0.25, 0.3) is 0 Å². The summed E-state index contributed by atoms with van der Waals surface area (Å²) in [6.07, 6.45) is 3.89. The van der Waals surface area contributed by atoms with Gasteiger partial charge in [-0.2, -0.15) is 8.78 Å². The summed E-state index contributed by atoms with van der Waals surface area (Å²) in [4.78, 5) is 0. The number of hydrogen-bond acceptors (Lipinski definition) is 3. The average molecular weight is 244 g/mol. The van der Waals surface area contributed by atoms with Gasteiger partial charge in [0.05, 0.1) is 0 Å². The molecule has 1 aromatic heterocycles. The van der Waals surface area contributed by atoms with Gasteiger partial charge < -0.3 is 4.42 Å². The Balaban J connectivity index is 2.00. The average Bonchev–Trinajstić information content (AvgIpc) is 2.72. The van der Waals surface area contributed by atoms with Crippen LogP contribution < -0.4 is 0 Å². The molecule has 0 bridgehead atoms. The lowest BCUT2D eigenvalue weighted by Gasteiger charge is -2.19. The molecular weight excluding hydrogens is 226 g/mol. The molecule has 0 saturated heterocycles. The number of nitrogens with zero attached hydrogens (tertiary/aromatic N) is 2. The monoisotopic (exact) mass is 244 g/mol. The quantitative estimate of drug-likeness (QED) is 0.786. The summed E-state index contributed by atoms with van der Waals surface area (Å²) in [5, 5.41) is 7.15. The first-order chi connectivity index (χ1) is 8.16. The van der Waals surface area contributed by atoms with Crippen LogP contribution in [0.1, 0.15) is 69.6 Å². The van der Waals surface area contributed by atoms with Crippen LogP contribution in [-0.2, 0) is 0 Å². The van der Waals surface area contributed by atoms with Gasteiger partial charge in [-0.15, -0.1) is 10.2 Å². The molecule has 1 aromatic rings. The standard InChI is InChI=1S/C12H18F2N2O/c1-8-4-2-6-9(7-3-5-8)11-15-16-12(17-11)10(13)14/h8-10H,2-7H2,1H3. The van der Waals surface area contributed by atoms with Crippen LogP contribution in [0, 0.1) is 5.92 Å². The zero-order chi connectivity index (χ0) is 12.3. The molecular formula is C12H18F2N2O. The topological polar surface area (TPSA) is 38.9 Å². The van der Waals surface area contributed by atoms with Crippen molar-refractivity contribution in [3.63, 3.8) is 0 Å². The number of rotatable bonds is 2. The van der Waals surface area contributed by atoms with Crippen LogP contribution in [0.15, 0.2) is 4.42 Å². The van der Waals surface area contributed by atoms with E-state index in [2.05, 4.69) is 17.1 Å². The molecule has 0 atom stereocenters. The van der Waals surface area contributed by atoms with Crippen LogP contribution >= 0.6 is 0 Å². The maximum absolute atomic E-state index is 12.3. The third kappa shape index (κ3) is 3.23. The van der Waals surface area contributed by atoms with E-state index in [1.165, 1.54) is 12.8 Å². The number of hydrogen-bond donors (Lipinski definition) is 0. The molecule has 1 saturated carbocycles. The number of alkyl halides is 2. The van der Waals surface area contributed by atoms with E-state index in [-0.39, 0.29) is 5.92 Å². The highest BCUT2D eigenvalue weighted by Crippen LogP contribution is 2.32. The van der Waals surface area contributed by atoms with Crippen LogP contribution in [0.2, 0.25) is 0 Å². The maximum Gasteiger partial charge on any atom is 0.314 e. The van der Waals surface area contributed by atoms with Gasteiger partial charge in [0, 0.05) is 5.92 Å². The minimum Gasteiger partial charge on any atom is -0.419 e. The highest BCUT2D eigenvalue weighted by atomic mass is 19.3. The van der Waals surface area contributed by atoms with Crippen molar-refractivity contribution >= 4 is 0 Å². The van der Waals surface area contributed by atoms with E-state index < -0.39 is 12.3 Å².